The van der Waals surface area contributed by atoms with Crippen LogP contribution in [0.2, 0.25) is 0 Å². The van der Waals surface area contributed by atoms with Crippen molar-refractivity contribution < 1.29 is 28.6 Å². The predicted octanol–water partition coefficient (Wildman–Crippen LogP) is 4.31. The van der Waals surface area contributed by atoms with Crippen molar-refractivity contribution in [1.29, 1.82) is 0 Å². The molecule has 0 aromatic rings. The van der Waals surface area contributed by atoms with E-state index >= 15 is 4.39 Å². The summed E-state index contributed by atoms with van der Waals surface area (Å²) in [5.74, 6) is -1.98. The molecule has 4 fully saturated rings. The topological polar surface area (TPSA) is 72.8 Å². The van der Waals surface area contributed by atoms with E-state index < -0.39 is 51.2 Å². The molecule has 1 saturated heterocycles. The fourth-order valence-corrected chi connectivity index (χ4v) is 8.71. The highest BCUT2D eigenvalue weighted by atomic mass is 35.5. The number of hydrogen-bond acceptors (Lipinski definition) is 5. The zero-order valence-electron chi connectivity index (χ0n) is 18.9. The number of allylic oxidation sites excluding steroid dienone is 1. The van der Waals surface area contributed by atoms with Crippen molar-refractivity contribution in [3.8, 4) is 0 Å². The molecule has 4 aliphatic carbocycles. The lowest BCUT2D eigenvalue weighted by molar-refractivity contribution is -0.227. The number of ether oxygens (including phenoxy) is 2. The molecule has 5 nitrogen and oxygen atoms in total. The summed E-state index contributed by atoms with van der Waals surface area (Å²) >= 11 is 12.2. The summed E-state index contributed by atoms with van der Waals surface area (Å²) in [6.07, 6.45) is 0.781. The van der Waals surface area contributed by atoms with Gasteiger partial charge in [0.2, 0.25) is 5.78 Å². The minimum atomic E-state index is -1.40. The quantitative estimate of drug-likeness (QED) is 0.586. The second-order valence-electron chi connectivity index (χ2n) is 11.4. The van der Waals surface area contributed by atoms with E-state index in [0.717, 1.165) is 0 Å². The lowest BCUT2D eigenvalue weighted by Gasteiger charge is -2.61. The summed E-state index contributed by atoms with van der Waals surface area (Å²) in [6, 6.07) is 0. The van der Waals surface area contributed by atoms with E-state index in [-0.39, 0.29) is 30.0 Å². The number of Topliss-reactive ketones (excluding diaryl/α,β-unsaturated/α-hetero) is 1. The minimum Gasteiger partial charge on any atom is -0.393 e. The molecule has 8 heteroatoms. The Morgan fingerprint density at radius 3 is 2.59 bits per heavy atom. The lowest BCUT2D eigenvalue weighted by atomic mass is 9.45. The SMILES string of the molecule is CC1(C)O[C@@H]2C[C@H]3[C@@H]4C[C@H](F)C5=CC(=O)CC[C@]5(C)[C@H]4[C@@H](O)C[C@]3(C)[C@]2(C(=O)C(Cl)Cl)O1. The molecule has 1 aliphatic heterocycles. The van der Waals surface area contributed by atoms with Gasteiger partial charge in [0.05, 0.1) is 12.2 Å². The Balaban J connectivity index is 1.61. The molecule has 0 radical (unpaired) electrons. The predicted molar refractivity (Wildman–Crippen MR) is 117 cm³/mol. The van der Waals surface area contributed by atoms with E-state index in [4.69, 9.17) is 32.7 Å². The standard InChI is InChI=1S/C24H31Cl2FO5/c1-21(2)31-17-9-13-12-8-15(27)14-7-11(28)5-6-22(14,3)18(12)16(29)10-23(13,4)24(17,32-21)19(30)20(25)26/h7,12-13,15-18,20,29H,5-6,8-10H2,1-4H3/t12-,13-,15-,16-,17+,18+,22-,23-,24-/m0/s1. The van der Waals surface area contributed by atoms with E-state index in [1.54, 1.807) is 13.8 Å². The Kier molecular flexibility index (Phi) is 5.08. The number of hydrogen-bond donors (Lipinski definition) is 1. The van der Waals surface area contributed by atoms with Crippen LogP contribution in [0, 0.1) is 28.6 Å². The Hall–Kier alpha value is -0.530. The number of rotatable bonds is 2. The highest BCUT2D eigenvalue weighted by Gasteiger charge is 2.77. The molecule has 0 bridgehead atoms. The van der Waals surface area contributed by atoms with Crippen LogP contribution >= 0.6 is 23.2 Å². The van der Waals surface area contributed by atoms with E-state index in [1.807, 2.05) is 13.8 Å². The van der Waals surface area contributed by atoms with Crippen LogP contribution in [0.1, 0.15) is 59.8 Å². The van der Waals surface area contributed by atoms with Crippen molar-refractivity contribution in [2.75, 3.05) is 0 Å². The van der Waals surface area contributed by atoms with Gasteiger partial charge in [0.1, 0.15) is 6.17 Å². The van der Waals surface area contributed by atoms with Crippen molar-refractivity contribution in [3.05, 3.63) is 11.6 Å². The van der Waals surface area contributed by atoms with Crippen molar-refractivity contribution in [1.82, 2.24) is 0 Å². The van der Waals surface area contributed by atoms with Gasteiger partial charge in [-0.3, -0.25) is 9.59 Å². The number of aliphatic hydroxyl groups is 1. The molecule has 5 aliphatic rings. The smallest absolute Gasteiger partial charge is 0.200 e. The third-order valence-electron chi connectivity index (χ3n) is 9.43. The summed E-state index contributed by atoms with van der Waals surface area (Å²) in [6.45, 7) is 7.45. The first-order valence-electron chi connectivity index (χ1n) is 11.5. The van der Waals surface area contributed by atoms with Crippen LogP contribution in [0.4, 0.5) is 4.39 Å². The Morgan fingerprint density at radius 1 is 1.25 bits per heavy atom. The number of halogens is 3. The fourth-order valence-electron chi connectivity index (χ4n) is 8.39. The van der Waals surface area contributed by atoms with Gasteiger partial charge in [-0.1, -0.05) is 37.0 Å². The molecule has 5 rings (SSSR count). The molecule has 0 aromatic heterocycles. The van der Waals surface area contributed by atoms with Crippen molar-refractivity contribution in [2.45, 2.75) is 94.4 Å². The molecular formula is C24H31Cl2FO5. The highest BCUT2D eigenvalue weighted by molar-refractivity contribution is 6.54. The van der Waals surface area contributed by atoms with Gasteiger partial charge >= 0.3 is 0 Å². The van der Waals surface area contributed by atoms with E-state index in [9.17, 15) is 14.7 Å². The van der Waals surface area contributed by atoms with Gasteiger partial charge in [0.25, 0.3) is 0 Å². The summed E-state index contributed by atoms with van der Waals surface area (Å²) in [5, 5.41) is 11.5. The number of ketones is 2. The molecule has 1 heterocycles. The first-order valence-corrected chi connectivity index (χ1v) is 12.4. The summed E-state index contributed by atoms with van der Waals surface area (Å²) in [7, 11) is 0. The number of alkyl halides is 3. The van der Waals surface area contributed by atoms with Crippen LogP contribution in [-0.4, -0.2) is 51.3 Å². The van der Waals surface area contributed by atoms with Gasteiger partial charge in [-0.05, 0) is 74.3 Å². The zero-order chi connectivity index (χ0) is 23.4. The normalized spacial score (nSPS) is 51.5. The summed E-state index contributed by atoms with van der Waals surface area (Å²) < 4.78 is 28.1. The van der Waals surface area contributed by atoms with Crippen LogP contribution in [0.3, 0.4) is 0 Å². The van der Waals surface area contributed by atoms with E-state index in [1.165, 1.54) is 6.08 Å². The number of carbonyl (C=O) groups is 2. The lowest BCUT2D eigenvalue weighted by Crippen LogP contribution is -2.65. The first kappa shape index (κ1) is 23.2. The average Bonchev–Trinajstić information content (AvgIpc) is 3.08. The molecule has 9 atom stereocenters. The monoisotopic (exact) mass is 488 g/mol. The van der Waals surface area contributed by atoms with E-state index in [2.05, 4.69) is 0 Å². The number of aliphatic hydroxyl groups excluding tert-OH is 1. The molecule has 0 aromatic carbocycles. The van der Waals surface area contributed by atoms with Crippen LogP contribution in [0.15, 0.2) is 11.6 Å². The maximum atomic E-state index is 15.5. The van der Waals surface area contributed by atoms with Crippen LogP contribution in [-0.2, 0) is 19.1 Å². The Bertz CT molecular complexity index is 905. The average molecular weight is 489 g/mol. The molecule has 178 valence electrons. The molecule has 3 saturated carbocycles. The number of carbonyl (C=O) groups excluding carboxylic acids is 2. The molecule has 0 spiro atoms. The molecule has 32 heavy (non-hydrogen) atoms. The van der Waals surface area contributed by atoms with Gasteiger partial charge in [-0.15, -0.1) is 0 Å². The van der Waals surface area contributed by atoms with Crippen molar-refractivity contribution >= 4 is 34.8 Å². The van der Waals surface area contributed by atoms with Gasteiger partial charge in [0.15, 0.2) is 22.0 Å². The van der Waals surface area contributed by atoms with Crippen molar-refractivity contribution in [3.63, 3.8) is 0 Å². The van der Waals surface area contributed by atoms with Gasteiger partial charge < -0.3 is 14.6 Å². The van der Waals surface area contributed by atoms with Gasteiger partial charge in [0, 0.05) is 11.8 Å². The maximum Gasteiger partial charge on any atom is 0.200 e. The Morgan fingerprint density at radius 2 is 1.94 bits per heavy atom. The third-order valence-corrected chi connectivity index (χ3v) is 9.83. The summed E-state index contributed by atoms with van der Waals surface area (Å²) in [5.41, 5.74) is -2.27. The zero-order valence-corrected chi connectivity index (χ0v) is 20.4. The van der Waals surface area contributed by atoms with Crippen LogP contribution < -0.4 is 0 Å². The Labute approximate surface area is 198 Å². The maximum absolute atomic E-state index is 15.5. The molecule has 0 unspecified atom stereocenters. The first-order chi connectivity index (χ1) is 14.8. The number of fused-ring (bicyclic) bond motifs is 7. The largest absolute Gasteiger partial charge is 0.393 e. The van der Waals surface area contributed by atoms with Crippen LogP contribution in [0.25, 0.3) is 0 Å². The van der Waals surface area contributed by atoms with Gasteiger partial charge in [-0.25, -0.2) is 4.39 Å². The van der Waals surface area contributed by atoms with Crippen LogP contribution in [0.5, 0.6) is 0 Å². The van der Waals surface area contributed by atoms with Gasteiger partial charge in [-0.2, -0.15) is 0 Å². The highest BCUT2D eigenvalue weighted by Crippen LogP contribution is 2.71. The molecule has 0 amide bonds. The molecular weight excluding hydrogens is 458 g/mol. The second-order valence-corrected chi connectivity index (χ2v) is 12.5. The second kappa shape index (κ2) is 7.00. The molecule has 1 N–H and O–H groups in total. The van der Waals surface area contributed by atoms with Crippen molar-refractivity contribution in [2.24, 2.45) is 28.6 Å². The van der Waals surface area contributed by atoms with E-state index in [0.29, 0.717) is 31.3 Å². The minimum absolute atomic E-state index is 0.0482. The fraction of sp³-hybridized carbons (Fsp3) is 0.833. The third kappa shape index (κ3) is 2.79. The summed E-state index contributed by atoms with van der Waals surface area (Å²) in [4.78, 5) is 24.2.